The Balaban J connectivity index is 1.54. The maximum Gasteiger partial charge on any atom is 0.573 e. The summed E-state index contributed by atoms with van der Waals surface area (Å²) in [5.41, 5.74) is -1.66. The van der Waals surface area contributed by atoms with E-state index in [1.165, 1.54) is 0 Å². The molecule has 2 saturated carbocycles. The Hall–Kier alpha value is -4.14. The Bertz CT molecular complexity index is 1910. The van der Waals surface area contributed by atoms with Gasteiger partial charge < -0.3 is 28.8 Å². The van der Waals surface area contributed by atoms with Gasteiger partial charge in [-0.3, -0.25) is 5.32 Å². The summed E-state index contributed by atoms with van der Waals surface area (Å²) in [5.74, 6) is -4.42. The van der Waals surface area contributed by atoms with E-state index >= 15 is 8.78 Å². The number of fused-ring (bicyclic) bond motifs is 2. The summed E-state index contributed by atoms with van der Waals surface area (Å²) in [6.07, 6.45) is -6.50. The zero-order valence-corrected chi connectivity index (χ0v) is 30.7. The number of alkyl halides is 3. The van der Waals surface area contributed by atoms with E-state index in [9.17, 15) is 27.9 Å². The highest BCUT2D eigenvalue weighted by Gasteiger charge is 2.60. The molecule has 0 radical (unpaired) electrons. The number of carbonyl (C=O) groups excluding carboxylic acids is 2. The molecule has 10 nitrogen and oxygen atoms in total. The van der Waals surface area contributed by atoms with Crippen LogP contribution >= 0.6 is 0 Å². The normalized spacial score (nSPS) is 21.0. The molecular formula is C37H45F5N4O6. The zero-order valence-electron chi connectivity index (χ0n) is 30.7. The van der Waals surface area contributed by atoms with E-state index in [4.69, 9.17) is 9.47 Å². The van der Waals surface area contributed by atoms with Gasteiger partial charge in [-0.05, 0) is 96.6 Å². The molecule has 52 heavy (non-hydrogen) atoms. The van der Waals surface area contributed by atoms with E-state index in [1.54, 1.807) is 71.8 Å². The second kappa shape index (κ2) is 12.8. The SMILES string of the molecule is CC(C)c1nc(-c2cc(NC(=O)OC(C)(C)C)cc(F)c2OC(F)(F)F)c(F)c2c1c(C1C3CN(C(=O)OC(C)(C)C)CC31)c(C(C)O)n2C1CC1. The molecule has 1 aliphatic heterocycles. The molecule has 2 N–H and O–H groups in total. The van der Waals surface area contributed by atoms with Crippen LogP contribution in [0, 0.1) is 23.5 Å². The van der Waals surface area contributed by atoms with Crippen LogP contribution in [0.15, 0.2) is 12.1 Å². The van der Waals surface area contributed by atoms with Crippen LogP contribution in [0.5, 0.6) is 5.75 Å². The van der Waals surface area contributed by atoms with Crippen LogP contribution in [-0.2, 0) is 9.47 Å². The largest absolute Gasteiger partial charge is 0.573 e. The molecule has 3 heterocycles. The van der Waals surface area contributed by atoms with Gasteiger partial charge in [0, 0.05) is 36.3 Å². The number of halogens is 5. The second-order valence-electron chi connectivity index (χ2n) is 16.4. The highest BCUT2D eigenvalue weighted by molar-refractivity contribution is 5.94. The lowest BCUT2D eigenvalue weighted by Gasteiger charge is -2.26. The number of pyridine rings is 1. The van der Waals surface area contributed by atoms with Crippen molar-refractivity contribution in [3.8, 4) is 17.0 Å². The monoisotopic (exact) mass is 736 g/mol. The molecule has 3 unspecified atom stereocenters. The Morgan fingerprint density at radius 3 is 2.06 bits per heavy atom. The number of aliphatic hydroxyl groups is 1. The first-order chi connectivity index (χ1) is 24.0. The molecule has 1 saturated heterocycles. The minimum Gasteiger partial charge on any atom is -0.444 e. The van der Waals surface area contributed by atoms with E-state index in [1.807, 2.05) is 0 Å². The quantitative estimate of drug-likeness (QED) is 0.232. The van der Waals surface area contributed by atoms with Crippen LogP contribution in [-0.4, -0.2) is 62.4 Å². The molecular weight excluding hydrogens is 691 g/mol. The number of ether oxygens (including phenoxy) is 3. The van der Waals surface area contributed by atoms with Crippen LogP contribution in [0.3, 0.4) is 0 Å². The highest BCUT2D eigenvalue weighted by atomic mass is 19.4. The van der Waals surface area contributed by atoms with Crippen LogP contribution in [0.1, 0.15) is 116 Å². The standard InChI is InChI=1S/C37H45F5N4O6/c1-16(2)28-26-25(24-21-14-45(15-22(21)24)34(49)52-36(7,8)9)30(17(3)47)46(19-10-11-19)31(26)27(39)29(44-28)20-12-18(43-33(48)51-35(4,5)6)13-23(38)32(20)50-37(40,41)42/h12-13,16-17,19,21-22,24,47H,10-11,14-15H2,1-9H3,(H,43,48). The highest BCUT2D eigenvalue weighted by Crippen LogP contribution is 2.63. The van der Waals surface area contributed by atoms with Crippen molar-refractivity contribution in [3.63, 3.8) is 0 Å². The fraction of sp³-hybridized carbons (Fsp3) is 0.595. The lowest BCUT2D eigenvalue weighted by molar-refractivity contribution is -0.275. The fourth-order valence-electron chi connectivity index (χ4n) is 7.42. The number of hydrogen-bond donors (Lipinski definition) is 2. The van der Waals surface area contributed by atoms with Gasteiger partial charge in [-0.1, -0.05) is 13.8 Å². The summed E-state index contributed by atoms with van der Waals surface area (Å²) in [4.78, 5) is 31.7. The van der Waals surface area contributed by atoms with Crippen molar-refractivity contribution in [2.24, 2.45) is 11.8 Å². The number of amides is 2. The molecule has 284 valence electrons. The van der Waals surface area contributed by atoms with Crippen molar-refractivity contribution in [1.82, 2.24) is 14.5 Å². The number of anilines is 1. The van der Waals surface area contributed by atoms with Gasteiger partial charge in [0.1, 0.15) is 16.9 Å². The van der Waals surface area contributed by atoms with Crippen molar-refractivity contribution in [1.29, 1.82) is 0 Å². The number of piperidine rings is 1. The topological polar surface area (TPSA) is 115 Å². The van der Waals surface area contributed by atoms with E-state index in [0.29, 0.717) is 54.3 Å². The summed E-state index contributed by atoms with van der Waals surface area (Å²) in [7, 11) is 0. The number of aliphatic hydroxyl groups excluding tert-OH is 1. The van der Waals surface area contributed by atoms with E-state index < -0.39 is 70.4 Å². The summed E-state index contributed by atoms with van der Waals surface area (Å²) in [6.45, 7) is 16.1. The molecule has 6 rings (SSSR count). The number of likely N-dealkylation sites (tertiary alicyclic amines) is 1. The second-order valence-corrected chi connectivity index (χ2v) is 16.4. The maximum atomic E-state index is 17.4. The van der Waals surface area contributed by atoms with Crippen molar-refractivity contribution >= 4 is 28.8 Å². The molecule has 3 fully saturated rings. The molecule has 2 amide bonds. The third-order valence-electron chi connectivity index (χ3n) is 9.38. The van der Waals surface area contributed by atoms with Crippen molar-refractivity contribution in [3.05, 3.63) is 40.7 Å². The maximum absolute atomic E-state index is 17.4. The number of benzene rings is 1. The Morgan fingerprint density at radius 1 is 0.962 bits per heavy atom. The van der Waals surface area contributed by atoms with E-state index in [0.717, 1.165) is 6.07 Å². The Morgan fingerprint density at radius 2 is 1.56 bits per heavy atom. The number of nitrogens with one attached hydrogen (secondary N) is 1. The first kappa shape index (κ1) is 37.6. The van der Waals surface area contributed by atoms with Gasteiger partial charge in [0.25, 0.3) is 0 Å². The molecule has 15 heteroatoms. The average molecular weight is 737 g/mol. The zero-order chi connectivity index (χ0) is 38.4. The Labute approximate surface area is 298 Å². The van der Waals surface area contributed by atoms with Gasteiger partial charge >= 0.3 is 18.5 Å². The summed E-state index contributed by atoms with van der Waals surface area (Å²) >= 11 is 0. The van der Waals surface area contributed by atoms with Crippen molar-refractivity contribution in [2.75, 3.05) is 18.4 Å². The molecule has 3 aromatic rings. The van der Waals surface area contributed by atoms with Gasteiger partial charge in [-0.25, -0.2) is 23.4 Å². The minimum absolute atomic E-state index is 0.00233. The predicted molar refractivity (Wildman–Crippen MR) is 182 cm³/mol. The minimum atomic E-state index is -5.35. The number of hydrogen-bond acceptors (Lipinski definition) is 7. The lowest BCUT2D eigenvalue weighted by atomic mass is 9.94. The molecule has 0 bridgehead atoms. The van der Waals surface area contributed by atoms with Gasteiger partial charge in [-0.2, -0.15) is 0 Å². The van der Waals surface area contributed by atoms with E-state index in [2.05, 4.69) is 15.0 Å². The van der Waals surface area contributed by atoms with Crippen molar-refractivity contribution < 1.29 is 50.9 Å². The summed E-state index contributed by atoms with van der Waals surface area (Å²) in [6, 6.07) is 1.38. The van der Waals surface area contributed by atoms with Gasteiger partial charge in [-0.15, -0.1) is 13.2 Å². The first-order valence-corrected chi connectivity index (χ1v) is 17.5. The average Bonchev–Trinajstić information content (AvgIpc) is 3.85. The smallest absolute Gasteiger partial charge is 0.444 e. The van der Waals surface area contributed by atoms with Crippen LogP contribution in [0.25, 0.3) is 22.2 Å². The molecule has 2 aliphatic carbocycles. The number of aromatic nitrogens is 2. The molecule has 2 aromatic heterocycles. The number of carbonyl (C=O) groups is 2. The van der Waals surface area contributed by atoms with Crippen molar-refractivity contribution in [2.45, 2.75) is 117 Å². The first-order valence-electron chi connectivity index (χ1n) is 17.5. The molecule has 1 aromatic carbocycles. The van der Waals surface area contributed by atoms with Crippen LogP contribution in [0.4, 0.5) is 37.2 Å². The van der Waals surface area contributed by atoms with E-state index in [-0.39, 0.29) is 35.0 Å². The third-order valence-corrected chi connectivity index (χ3v) is 9.38. The number of nitrogens with zero attached hydrogens (tertiary/aromatic N) is 3. The number of rotatable bonds is 7. The predicted octanol–water partition coefficient (Wildman–Crippen LogP) is 9.32. The van der Waals surface area contributed by atoms with Crippen LogP contribution < -0.4 is 10.1 Å². The molecule has 3 atom stereocenters. The lowest BCUT2D eigenvalue weighted by Crippen LogP contribution is -2.36. The van der Waals surface area contributed by atoms with Crippen LogP contribution in [0.2, 0.25) is 0 Å². The Kier molecular flexibility index (Phi) is 9.23. The summed E-state index contributed by atoms with van der Waals surface area (Å²) in [5, 5.41) is 14.0. The summed E-state index contributed by atoms with van der Waals surface area (Å²) < 4.78 is 90.7. The molecule has 0 spiro atoms. The third kappa shape index (κ3) is 7.38. The van der Waals surface area contributed by atoms with Gasteiger partial charge in [0.15, 0.2) is 17.4 Å². The molecule has 3 aliphatic rings. The van der Waals surface area contributed by atoms with Gasteiger partial charge in [0.2, 0.25) is 0 Å². The van der Waals surface area contributed by atoms with Gasteiger partial charge in [0.05, 0.1) is 28.6 Å². The fourth-order valence-corrected chi connectivity index (χ4v) is 7.42.